The quantitative estimate of drug-likeness (QED) is 0.433. The van der Waals surface area contributed by atoms with Gasteiger partial charge >= 0.3 is 6.09 Å². The molecule has 4 rings (SSSR count). The lowest BCUT2D eigenvalue weighted by atomic mass is 9.86. The largest absolute Gasteiger partial charge is 0.447 e. The minimum absolute atomic E-state index is 0.103. The number of amides is 1. The number of anilines is 1. The molecule has 1 amide bonds. The van der Waals surface area contributed by atoms with E-state index in [2.05, 4.69) is 27.3 Å². The number of carbonyl (C=O) groups is 1. The first-order valence-electron chi connectivity index (χ1n) is 12.5. The average molecular weight is 537 g/mol. The number of hydrogen-bond donors (Lipinski definition) is 3. The van der Waals surface area contributed by atoms with Crippen LogP contribution < -0.4 is 15.4 Å². The second-order valence-corrected chi connectivity index (χ2v) is 12.9. The number of carbonyl (C=O) groups excluding carboxylic acids is 1. The van der Waals surface area contributed by atoms with Gasteiger partial charge in [-0.1, -0.05) is 13.0 Å². The van der Waals surface area contributed by atoms with Gasteiger partial charge in [-0.05, 0) is 58.6 Å². The Hall–Kier alpha value is -2.21. The molecule has 11 heteroatoms. The van der Waals surface area contributed by atoms with E-state index in [1.807, 2.05) is 26.0 Å². The van der Waals surface area contributed by atoms with Crippen LogP contribution in [0.25, 0.3) is 10.4 Å². The van der Waals surface area contributed by atoms with Gasteiger partial charge in [0.25, 0.3) is 0 Å². The number of nitrogens with zero attached hydrogens (tertiary/aromatic N) is 1. The maximum Gasteiger partial charge on any atom is 0.407 e. The van der Waals surface area contributed by atoms with Crippen molar-refractivity contribution in [3.8, 4) is 10.4 Å². The van der Waals surface area contributed by atoms with Gasteiger partial charge in [-0.3, -0.25) is 0 Å². The molecule has 3 N–H and O–H groups in total. The van der Waals surface area contributed by atoms with Crippen LogP contribution in [-0.4, -0.2) is 56.9 Å². The van der Waals surface area contributed by atoms with Crippen molar-refractivity contribution in [1.82, 2.24) is 15.0 Å². The van der Waals surface area contributed by atoms with Crippen LogP contribution in [0.2, 0.25) is 0 Å². The first-order chi connectivity index (χ1) is 17.1. The average Bonchev–Trinajstić information content (AvgIpc) is 3.28. The van der Waals surface area contributed by atoms with Crippen molar-refractivity contribution in [3.63, 3.8) is 0 Å². The summed E-state index contributed by atoms with van der Waals surface area (Å²) in [6, 6.07) is 5.57. The number of sulfonamides is 1. The fraction of sp³-hybridized carbons (Fsp3) is 0.600. The van der Waals surface area contributed by atoms with E-state index in [-0.39, 0.29) is 34.6 Å². The number of nitrogens with one attached hydrogen (secondary N) is 3. The van der Waals surface area contributed by atoms with Gasteiger partial charge in [0.15, 0.2) is 0 Å². The van der Waals surface area contributed by atoms with Crippen LogP contribution in [0.1, 0.15) is 64.3 Å². The highest BCUT2D eigenvalue weighted by molar-refractivity contribution is 7.89. The Balaban J connectivity index is 1.50. The maximum atomic E-state index is 13.1. The number of rotatable bonds is 9. The van der Waals surface area contributed by atoms with Gasteiger partial charge in [0.05, 0.1) is 39.6 Å². The summed E-state index contributed by atoms with van der Waals surface area (Å²) in [7, 11) is -3.69. The monoisotopic (exact) mass is 536 g/mol. The molecule has 2 aliphatic rings. The highest BCUT2D eigenvalue weighted by Crippen LogP contribution is 2.40. The van der Waals surface area contributed by atoms with Crippen LogP contribution in [0.5, 0.6) is 0 Å². The topological polar surface area (TPSA) is 119 Å². The molecule has 1 aliphatic carbocycles. The zero-order chi connectivity index (χ0) is 25.9. The molecule has 1 aromatic heterocycles. The Kier molecular flexibility index (Phi) is 8.23. The van der Waals surface area contributed by atoms with Crippen molar-refractivity contribution in [1.29, 1.82) is 0 Å². The number of hydrogen-bond acceptors (Lipinski definition) is 8. The van der Waals surface area contributed by atoms with Crippen LogP contribution >= 0.6 is 11.3 Å². The minimum Gasteiger partial charge on any atom is -0.447 e. The molecule has 0 bridgehead atoms. The zero-order valence-electron chi connectivity index (χ0n) is 21.3. The van der Waals surface area contributed by atoms with Crippen molar-refractivity contribution in [2.24, 2.45) is 0 Å². The molecule has 2 fully saturated rings. The van der Waals surface area contributed by atoms with Gasteiger partial charge in [0.1, 0.15) is 0 Å². The number of thiazole rings is 1. The molecule has 1 saturated heterocycles. The maximum absolute atomic E-state index is 13.1. The summed E-state index contributed by atoms with van der Waals surface area (Å²) in [5.41, 5.74) is 1.19. The van der Waals surface area contributed by atoms with E-state index in [9.17, 15) is 13.2 Å². The minimum atomic E-state index is -3.69. The second kappa shape index (κ2) is 11.0. The molecule has 1 aliphatic heterocycles. The van der Waals surface area contributed by atoms with Crippen LogP contribution in [-0.2, 0) is 19.5 Å². The van der Waals surface area contributed by atoms with Crippen molar-refractivity contribution < 1.29 is 22.7 Å². The fourth-order valence-corrected chi connectivity index (χ4v) is 7.10. The second-order valence-electron chi connectivity index (χ2n) is 10.1. The van der Waals surface area contributed by atoms with Crippen LogP contribution in [0.4, 0.5) is 10.5 Å². The number of aromatic nitrogens is 1. The molecular formula is C25H36N4O5S2. The van der Waals surface area contributed by atoms with Gasteiger partial charge in [0, 0.05) is 36.0 Å². The Bertz CT molecular complexity index is 1170. The number of benzene rings is 1. The van der Waals surface area contributed by atoms with E-state index in [1.165, 1.54) is 0 Å². The molecular weight excluding hydrogens is 500 g/mol. The first kappa shape index (κ1) is 26.8. The molecule has 0 atom stereocenters. The lowest BCUT2D eigenvalue weighted by molar-refractivity contribution is -0.0318. The molecule has 0 radical (unpaired) electrons. The summed E-state index contributed by atoms with van der Waals surface area (Å²) in [6.45, 7) is 8.96. The third-order valence-electron chi connectivity index (χ3n) is 6.42. The van der Waals surface area contributed by atoms with Gasteiger partial charge in [-0.2, -0.15) is 0 Å². The lowest BCUT2D eigenvalue weighted by Gasteiger charge is -2.39. The van der Waals surface area contributed by atoms with Gasteiger partial charge in [-0.15, -0.1) is 11.3 Å². The summed E-state index contributed by atoms with van der Waals surface area (Å²) in [4.78, 5) is 17.6. The Morgan fingerprint density at radius 2 is 1.97 bits per heavy atom. The van der Waals surface area contributed by atoms with Crippen molar-refractivity contribution in [2.75, 3.05) is 25.1 Å². The standard InChI is InChI=1S/C25H36N4O5S2/c1-5-27-36(31,32)22-12-19(29-25(4)14-33-15-25)10-11-20(22)21-13-26-23(35-21)17-6-8-18(9-7-17)28-24(30)34-16(2)3/h10-13,16-18,27,29H,5-9,14-15H2,1-4H3,(H,28,30). The van der Waals surface area contributed by atoms with E-state index in [4.69, 9.17) is 9.47 Å². The molecule has 9 nitrogen and oxygen atoms in total. The summed E-state index contributed by atoms with van der Waals surface area (Å²) in [5.74, 6) is 0.288. The van der Waals surface area contributed by atoms with Crippen LogP contribution in [0.15, 0.2) is 29.3 Å². The third-order valence-corrected chi connectivity index (χ3v) is 9.20. The molecule has 2 heterocycles. The van der Waals surface area contributed by atoms with E-state index in [0.717, 1.165) is 41.3 Å². The molecule has 2 aromatic rings. The molecule has 0 unspecified atom stereocenters. The van der Waals surface area contributed by atoms with E-state index < -0.39 is 10.0 Å². The molecule has 0 spiro atoms. The smallest absolute Gasteiger partial charge is 0.407 e. The first-order valence-corrected chi connectivity index (χ1v) is 14.8. The van der Waals surface area contributed by atoms with Crippen molar-refractivity contribution in [3.05, 3.63) is 29.4 Å². The summed E-state index contributed by atoms with van der Waals surface area (Å²) < 4.78 is 39.3. The highest BCUT2D eigenvalue weighted by Gasteiger charge is 2.34. The van der Waals surface area contributed by atoms with E-state index in [1.54, 1.807) is 30.5 Å². The van der Waals surface area contributed by atoms with E-state index >= 15 is 0 Å². The fourth-order valence-electron chi connectivity index (χ4n) is 4.62. The summed E-state index contributed by atoms with van der Waals surface area (Å²) >= 11 is 1.54. The summed E-state index contributed by atoms with van der Waals surface area (Å²) in [6.07, 6.45) is 4.80. The number of alkyl carbamates (subject to hydrolysis) is 1. The zero-order valence-corrected chi connectivity index (χ0v) is 22.9. The lowest BCUT2D eigenvalue weighted by Crippen LogP contribution is -2.53. The normalized spacial score (nSPS) is 21.6. The third kappa shape index (κ3) is 6.37. The predicted molar refractivity (Wildman–Crippen MR) is 141 cm³/mol. The molecule has 1 aromatic carbocycles. The summed E-state index contributed by atoms with van der Waals surface area (Å²) in [5, 5.41) is 7.36. The van der Waals surface area contributed by atoms with Gasteiger partial charge in [-0.25, -0.2) is 22.9 Å². The van der Waals surface area contributed by atoms with Crippen molar-refractivity contribution in [2.45, 2.75) is 81.9 Å². The predicted octanol–water partition coefficient (Wildman–Crippen LogP) is 4.47. The Morgan fingerprint density at radius 1 is 1.25 bits per heavy atom. The van der Waals surface area contributed by atoms with Gasteiger partial charge < -0.3 is 20.1 Å². The van der Waals surface area contributed by atoms with Crippen LogP contribution in [0.3, 0.4) is 0 Å². The number of ether oxygens (including phenoxy) is 2. The molecule has 36 heavy (non-hydrogen) atoms. The SMILES string of the molecule is CCNS(=O)(=O)c1cc(NC2(C)COC2)ccc1-c1cnc(C2CCC(NC(=O)OC(C)C)CC2)s1. The van der Waals surface area contributed by atoms with Crippen LogP contribution in [0, 0.1) is 0 Å². The molecule has 1 saturated carbocycles. The van der Waals surface area contributed by atoms with E-state index in [0.29, 0.717) is 25.3 Å². The van der Waals surface area contributed by atoms with Gasteiger partial charge in [0.2, 0.25) is 10.0 Å². The Labute approximate surface area is 217 Å². The Morgan fingerprint density at radius 3 is 2.58 bits per heavy atom. The highest BCUT2D eigenvalue weighted by atomic mass is 32.2. The van der Waals surface area contributed by atoms with Crippen molar-refractivity contribution >= 4 is 33.1 Å². The molecule has 198 valence electrons.